The molecule has 1 aromatic carbocycles. The number of nitrogens with zero attached hydrogens (tertiary/aromatic N) is 3. The van der Waals surface area contributed by atoms with Crippen LogP contribution in [0.15, 0.2) is 30.5 Å². The number of carbonyl (C=O) groups is 1. The normalized spacial score (nSPS) is 10.3. The van der Waals surface area contributed by atoms with Crippen LogP contribution in [-0.4, -0.2) is 27.6 Å². The second-order valence-electron chi connectivity index (χ2n) is 4.20. The second kappa shape index (κ2) is 5.52. The molecule has 1 aromatic heterocycles. The molecule has 2 rings (SSSR count). The van der Waals surface area contributed by atoms with Gasteiger partial charge in [-0.15, -0.1) is 0 Å². The standard InChI is InChI=1S/C13H13N3O4/c1-9-14-7-12(16(18)19)15(9)8-10-3-5-11(6-4-10)13(17)20-2/h3-7H,8H2,1-2H3. The maximum Gasteiger partial charge on any atom is 0.343 e. The van der Waals surface area contributed by atoms with Crippen molar-refractivity contribution < 1.29 is 14.5 Å². The minimum atomic E-state index is -0.469. The summed E-state index contributed by atoms with van der Waals surface area (Å²) < 4.78 is 6.12. The van der Waals surface area contributed by atoms with Gasteiger partial charge in [-0.05, 0) is 22.6 Å². The van der Waals surface area contributed by atoms with Crippen LogP contribution >= 0.6 is 0 Å². The summed E-state index contributed by atoms with van der Waals surface area (Å²) in [7, 11) is 1.31. The Hall–Kier alpha value is -2.70. The summed E-state index contributed by atoms with van der Waals surface area (Å²) >= 11 is 0. The van der Waals surface area contributed by atoms with Crippen molar-refractivity contribution in [1.82, 2.24) is 9.55 Å². The lowest BCUT2D eigenvalue weighted by molar-refractivity contribution is -0.392. The molecule has 0 spiro atoms. The number of esters is 1. The first-order chi connectivity index (χ1) is 9.52. The zero-order chi connectivity index (χ0) is 14.7. The van der Waals surface area contributed by atoms with Crippen molar-refractivity contribution >= 4 is 11.8 Å². The first kappa shape index (κ1) is 13.7. The van der Waals surface area contributed by atoms with Gasteiger partial charge in [0.25, 0.3) is 0 Å². The first-order valence-electron chi connectivity index (χ1n) is 5.86. The first-order valence-corrected chi connectivity index (χ1v) is 5.86. The Labute approximate surface area is 115 Å². The highest BCUT2D eigenvalue weighted by Crippen LogP contribution is 2.16. The van der Waals surface area contributed by atoms with Crippen molar-refractivity contribution in [2.45, 2.75) is 13.5 Å². The predicted molar refractivity (Wildman–Crippen MR) is 70.5 cm³/mol. The number of nitro groups is 1. The third-order valence-electron chi connectivity index (χ3n) is 2.94. The fourth-order valence-electron chi connectivity index (χ4n) is 1.84. The topological polar surface area (TPSA) is 87.3 Å². The van der Waals surface area contributed by atoms with E-state index in [1.807, 2.05) is 0 Å². The summed E-state index contributed by atoms with van der Waals surface area (Å²) in [5.41, 5.74) is 1.27. The van der Waals surface area contributed by atoms with Gasteiger partial charge in [-0.1, -0.05) is 12.1 Å². The minimum absolute atomic E-state index is 0.0560. The third kappa shape index (κ3) is 2.66. The lowest BCUT2D eigenvalue weighted by Crippen LogP contribution is -2.07. The van der Waals surface area contributed by atoms with Gasteiger partial charge in [-0.2, -0.15) is 0 Å². The van der Waals surface area contributed by atoms with Gasteiger partial charge in [0.2, 0.25) is 0 Å². The lowest BCUT2D eigenvalue weighted by Gasteiger charge is -2.04. The van der Waals surface area contributed by atoms with Crippen molar-refractivity contribution in [3.05, 3.63) is 57.5 Å². The molecule has 20 heavy (non-hydrogen) atoms. The molecule has 0 fully saturated rings. The number of hydrogen-bond acceptors (Lipinski definition) is 5. The molecule has 0 N–H and O–H groups in total. The average molecular weight is 275 g/mol. The monoisotopic (exact) mass is 275 g/mol. The molecule has 0 amide bonds. The Morgan fingerprint density at radius 3 is 2.60 bits per heavy atom. The van der Waals surface area contributed by atoms with E-state index in [1.54, 1.807) is 31.2 Å². The number of imidazole rings is 1. The summed E-state index contributed by atoms with van der Waals surface area (Å²) in [5, 5.41) is 10.9. The molecular formula is C13H13N3O4. The van der Waals surface area contributed by atoms with Crippen LogP contribution in [0.5, 0.6) is 0 Å². The van der Waals surface area contributed by atoms with Gasteiger partial charge in [0.15, 0.2) is 5.82 Å². The van der Waals surface area contributed by atoms with Crippen molar-refractivity contribution in [1.29, 1.82) is 0 Å². The van der Waals surface area contributed by atoms with Crippen LogP contribution in [0.1, 0.15) is 21.7 Å². The Bertz CT molecular complexity index is 646. The van der Waals surface area contributed by atoms with Crippen LogP contribution in [0.3, 0.4) is 0 Å². The fourth-order valence-corrected chi connectivity index (χ4v) is 1.84. The third-order valence-corrected chi connectivity index (χ3v) is 2.94. The number of aromatic nitrogens is 2. The van der Waals surface area contributed by atoms with Gasteiger partial charge in [0.1, 0.15) is 12.7 Å². The molecule has 0 aliphatic heterocycles. The van der Waals surface area contributed by atoms with Gasteiger partial charge in [-0.3, -0.25) is 0 Å². The van der Waals surface area contributed by atoms with Crippen LogP contribution in [0.2, 0.25) is 0 Å². The van der Waals surface area contributed by atoms with Crippen LogP contribution in [0, 0.1) is 17.0 Å². The van der Waals surface area contributed by atoms with Crippen molar-refractivity contribution in [2.75, 3.05) is 7.11 Å². The van der Waals surface area contributed by atoms with Crippen molar-refractivity contribution in [3.8, 4) is 0 Å². The quantitative estimate of drug-likeness (QED) is 0.483. The molecule has 0 aliphatic carbocycles. The largest absolute Gasteiger partial charge is 0.465 e. The van der Waals surface area contributed by atoms with Crippen molar-refractivity contribution in [2.24, 2.45) is 0 Å². The van der Waals surface area contributed by atoms with Gasteiger partial charge in [0, 0.05) is 6.92 Å². The van der Waals surface area contributed by atoms with E-state index < -0.39 is 10.9 Å². The minimum Gasteiger partial charge on any atom is -0.465 e. The summed E-state index contributed by atoms with van der Waals surface area (Å²) in [6, 6.07) is 6.71. The number of methoxy groups -OCH3 is 1. The van der Waals surface area contributed by atoms with E-state index in [1.165, 1.54) is 17.9 Å². The van der Waals surface area contributed by atoms with Gasteiger partial charge in [0.05, 0.1) is 12.7 Å². The number of benzene rings is 1. The molecule has 7 nitrogen and oxygen atoms in total. The Morgan fingerprint density at radius 1 is 1.40 bits per heavy atom. The predicted octanol–water partition coefficient (Wildman–Crippen LogP) is 1.93. The van der Waals surface area contributed by atoms with E-state index >= 15 is 0 Å². The number of hydrogen-bond donors (Lipinski definition) is 0. The van der Waals surface area contributed by atoms with E-state index in [2.05, 4.69) is 9.72 Å². The second-order valence-corrected chi connectivity index (χ2v) is 4.20. The van der Waals surface area contributed by atoms with Gasteiger partial charge >= 0.3 is 11.8 Å². The maximum absolute atomic E-state index is 11.3. The van der Waals surface area contributed by atoms with Crippen molar-refractivity contribution in [3.63, 3.8) is 0 Å². The summed E-state index contributed by atoms with van der Waals surface area (Å²) in [6.45, 7) is 2.03. The molecule has 0 saturated carbocycles. The summed E-state index contributed by atoms with van der Waals surface area (Å²) in [5.74, 6) is 0.0923. The molecule has 0 atom stereocenters. The van der Waals surface area contributed by atoms with Gasteiger partial charge < -0.3 is 14.9 Å². The van der Waals surface area contributed by atoms with E-state index in [0.29, 0.717) is 17.9 Å². The van der Waals surface area contributed by atoms with E-state index in [9.17, 15) is 14.9 Å². The summed E-state index contributed by atoms with van der Waals surface area (Å²) in [6.07, 6.45) is 1.23. The molecule has 1 heterocycles. The number of ether oxygens (including phenoxy) is 1. The molecule has 0 aliphatic rings. The zero-order valence-electron chi connectivity index (χ0n) is 11.1. The molecule has 2 aromatic rings. The molecule has 0 saturated heterocycles. The number of rotatable bonds is 4. The molecule has 104 valence electrons. The molecular weight excluding hydrogens is 262 g/mol. The van der Waals surface area contributed by atoms with Gasteiger partial charge in [-0.25, -0.2) is 14.3 Å². The van der Waals surface area contributed by atoms with Crippen LogP contribution in [0.4, 0.5) is 5.82 Å². The molecule has 0 bridgehead atoms. The van der Waals surface area contributed by atoms with Crippen LogP contribution in [0.25, 0.3) is 0 Å². The molecule has 0 unspecified atom stereocenters. The maximum atomic E-state index is 11.3. The number of carbonyl (C=O) groups excluding carboxylic acids is 1. The fraction of sp³-hybridized carbons (Fsp3) is 0.231. The Balaban J connectivity index is 2.25. The zero-order valence-corrected chi connectivity index (χ0v) is 11.1. The highest BCUT2D eigenvalue weighted by atomic mass is 16.6. The smallest absolute Gasteiger partial charge is 0.343 e. The highest BCUT2D eigenvalue weighted by molar-refractivity contribution is 5.89. The lowest BCUT2D eigenvalue weighted by atomic mass is 10.1. The van der Waals surface area contributed by atoms with Crippen LogP contribution < -0.4 is 0 Å². The Morgan fingerprint density at radius 2 is 2.05 bits per heavy atom. The van der Waals surface area contributed by atoms with E-state index in [-0.39, 0.29) is 5.82 Å². The highest BCUT2D eigenvalue weighted by Gasteiger charge is 2.17. The van der Waals surface area contributed by atoms with E-state index in [0.717, 1.165) is 5.56 Å². The molecule has 7 heteroatoms. The average Bonchev–Trinajstić information content (AvgIpc) is 2.80. The summed E-state index contributed by atoms with van der Waals surface area (Å²) in [4.78, 5) is 25.7. The SMILES string of the molecule is COC(=O)c1ccc(Cn2c([N+](=O)[O-])cnc2C)cc1. The molecule has 0 radical (unpaired) electrons. The van der Waals surface area contributed by atoms with E-state index in [4.69, 9.17) is 0 Å². The van der Waals surface area contributed by atoms with Crippen LogP contribution in [-0.2, 0) is 11.3 Å². The number of aryl methyl sites for hydroxylation is 1. The Kier molecular flexibility index (Phi) is 3.79.